The molecule has 1 saturated heterocycles. The van der Waals surface area contributed by atoms with Crippen molar-refractivity contribution in [3.05, 3.63) is 34.9 Å². The van der Waals surface area contributed by atoms with E-state index in [4.69, 9.17) is 14.2 Å². The summed E-state index contributed by atoms with van der Waals surface area (Å²) in [6.45, 7) is 4.88. The van der Waals surface area contributed by atoms with Crippen LogP contribution in [0.4, 0.5) is 0 Å². The van der Waals surface area contributed by atoms with Gasteiger partial charge in [-0.15, -0.1) is 0 Å². The minimum Gasteiger partial charge on any atom is -0.458 e. The van der Waals surface area contributed by atoms with E-state index in [0.717, 1.165) is 31.3 Å². The Morgan fingerprint density at radius 3 is 2.49 bits per heavy atom. The lowest BCUT2D eigenvalue weighted by molar-refractivity contribution is -0.299. The number of hydrogen-bond donors (Lipinski definition) is 6. The second-order valence-corrected chi connectivity index (χ2v) is 14.6. The Kier molecular flexibility index (Phi) is 8.97. The van der Waals surface area contributed by atoms with Gasteiger partial charge in [0.2, 0.25) is 0 Å². The van der Waals surface area contributed by atoms with Crippen LogP contribution in [0.25, 0.3) is 0 Å². The van der Waals surface area contributed by atoms with Crippen molar-refractivity contribution in [1.82, 2.24) is 0 Å². The maximum absolute atomic E-state index is 13.3. The van der Waals surface area contributed by atoms with Crippen LogP contribution < -0.4 is 0 Å². The van der Waals surface area contributed by atoms with E-state index < -0.39 is 72.2 Å². The summed E-state index contributed by atoms with van der Waals surface area (Å²) < 4.78 is 17.0. The van der Waals surface area contributed by atoms with E-state index >= 15 is 0 Å². The molecule has 7 unspecified atom stereocenters. The quantitative estimate of drug-likeness (QED) is 0.174. The van der Waals surface area contributed by atoms with Gasteiger partial charge in [-0.2, -0.15) is 0 Å². The first-order chi connectivity index (χ1) is 21.4. The van der Waals surface area contributed by atoms with Crippen LogP contribution in [0.3, 0.4) is 0 Å². The van der Waals surface area contributed by atoms with Crippen LogP contribution in [0, 0.1) is 40.4 Å². The Bertz CT molecular complexity index is 1270. The molecule has 0 bridgehead atoms. The zero-order chi connectivity index (χ0) is 32.4. The Balaban J connectivity index is 1.17. The van der Waals surface area contributed by atoms with Crippen LogP contribution in [0.15, 0.2) is 34.9 Å². The average molecular weight is 633 g/mol. The number of cyclic esters (lactones) is 1. The number of aliphatic hydroxyl groups excluding tert-OH is 6. The third kappa shape index (κ3) is 5.09. The van der Waals surface area contributed by atoms with Crippen molar-refractivity contribution in [2.45, 2.75) is 102 Å². The van der Waals surface area contributed by atoms with Crippen molar-refractivity contribution in [3.8, 4) is 0 Å². The topological polar surface area (TPSA) is 183 Å². The molecular weight excluding hydrogens is 584 g/mol. The largest absolute Gasteiger partial charge is 0.458 e. The van der Waals surface area contributed by atoms with Crippen LogP contribution >= 0.6 is 0 Å². The number of esters is 1. The fraction of sp³-hybridized carbons (Fsp3) is 0.765. The Hall–Kier alpha value is -1.96. The molecule has 6 rings (SSSR count). The summed E-state index contributed by atoms with van der Waals surface area (Å²) in [6.07, 6.45) is 1.56. The van der Waals surface area contributed by atoms with Crippen molar-refractivity contribution in [3.63, 3.8) is 0 Å². The summed E-state index contributed by atoms with van der Waals surface area (Å²) in [5.41, 5.74) is 0.992. The zero-order valence-electron chi connectivity index (χ0n) is 26.2. The van der Waals surface area contributed by atoms with Gasteiger partial charge >= 0.3 is 5.97 Å². The molecule has 6 N–H and O–H groups in total. The molecule has 2 heterocycles. The molecule has 2 saturated carbocycles. The Labute approximate surface area is 263 Å². The number of ketones is 1. The molecule has 45 heavy (non-hydrogen) atoms. The van der Waals surface area contributed by atoms with Gasteiger partial charge in [0.05, 0.1) is 30.3 Å². The molecule has 3 fully saturated rings. The van der Waals surface area contributed by atoms with Gasteiger partial charge in [-0.25, -0.2) is 4.79 Å². The highest BCUT2D eigenvalue weighted by molar-refractivity contribution is 5.98. The number of carbonyl (C=O) groups excluding carboxylic acids is 2. The molecule has 0 spiro atoms. The second kappa shape index (κ2) is 12.2. The van der Waals surface area contributed by atoms with Gasteiger partial charge in [-0.3, -0.25) is 4.79 Å². The predicted octanol–water partition coefficient (Wildman–Crippen LogP) is 0.938. The van der Waals surface area contributed by atoms with Gasteiger partial charge < -0.3 is 44.8 Å². The summed E-state index contributed by atoms with van der Waals surface area (Å²) in [5.74, 6) is -0.527. The van der Waals surface area contributed by atoms with Gasteiger partial charge in [0.1, 0.15) is 30.5 Å². The molecule has 0 aromatic carbocycles. The number of fused-ring (bicyclic) bond motifs is 5. The highest BCUT2D eigenvalue weighted by Crippen LogP contribution is 2.66. The van der Waals surface area contributed by atoms with E-state index in [-0.39, 0.29) is 48.2 Å². The second-order valence-electron chi connectivity index (χ2n) is 14.6. The third-order valence-corrected chi connectivity index (χ3v) is 12.8. The first-order valence-corrected chi connectivity index (χ1v) is 16.4. The maximum atomic E-state index is 13.3. The number of allylic oxidation sites excluding steroid dienone is 4. The van der Waals surface area contributed by atoms with Crippen molar-refractivity contribution in [2.75, 3.05) is 19.8 Å². The SMILES string of the molecule is CC1=C(COC2O[C@@H](CO)C(O)[C@@H](O)C2O)C(=O)O[C@@H]([C@@H](CO)[C@H]2CC[C@H]3C4CC=C5CC=CC(=O)C5(C)[C@H]4CC(O)C23C)C1. The van der Waals surface area contributed by atoms with E-state index in [0.29, 0.717) is 18.4 Å². The lowest BCUT2D eigenvalue weighted by Gasteiger charge is -2.58. The van der Waals surface area contributed by atoms with E-state index in [1.165, 1.54) is 0 Å². The van der Waals surface area contributed by atoms with Gasteiger partial charge in [-0.1, -0.05) is 30.2 Å². The van der Waals surface area contributed by atoms with Crippen LogP contribution in [-0.4, -0.2) is 105 Å². The normalized spacial score (nSPS) is 47.0. The molecule has 14 atom stereocenters. The molecule has 4 aliphatic carbocycles. The lowest BCUT2D eigenvalue weighted by Crippen LogP contribution is -2.59. The monoisotopic (exact) mass is 632 g/mol. The van der Waals surface area contributed by atoms with E-state index in [2.05, 4.69) is 19.9 Å². The molecule has 11 heteroatoms. The van der Waals surface area contributed by atoms with Gasteiger partial charge in [0, 0.05) is 18.9 Å². The molecule has 2 aliphatic heterocycles. The van der Waals surface area contributed by atoms with Crippen LogP contribution in [-0.2, 0) is 23.8 Å². The standard InChI is InChI=1S/C34H48O11/c1-16-11-24(44-31(42)20(16)15-43-32-30(41)29(40)28(39)25(14-36)45-32)19(13-35)22-10-9-21-18-8-7-17-5-4-6-26(37)33(17,2)23(18)12-27(38)34(21,22)3/h4,6-7,18-19,21-25,27-30,32,35-36,38-41H,5,8-15H2,1-3H3/t18?,19-,21-,22+,23-,24+,25-,27?,28?,29+,30?,32?,33?,34?/m0/s1. The molecule has 0 aromatic rings. The lowest BCUT2D eigenvalue weighted by atomic mass is 9.46. The van der Waals surface area contributed by atoms with Crippen molar-refractivity contribution in [2.24, 2.45) is 40.4 Å². The maximum Gasteiger partial charge on any atom is 0.336 e. The van der Waals surface area contributed by atoms with E-state index in [1.807, 2.05) is 6.08 Å². The molecule has 6 aliphatic rings. The first kappa shape index (κ1) is 33.0. The number of ether oxygens (including phenoxy) is 3. The Morgan fingerprint density at radius 2 is 1.80 bits per heavy atom. The van der Waals surface area contributed by atoms with Gasteiger partial charge in [0.25, 0.3) is 0 Å². The fourth-order valence-corrected chi connectivity index (χ4v) is 10.0. The van der Waals surface area contributed by atoms with Crippen molar-refractivity contribution >= 4 is 11.8 Å². The Morgan fingerprint density at radius 1 is 1.04 bits per heavy atom. The van der Waals surface area contributed by atoms with Crippen LogP contribution in [0.1, 0.15) is 59.3 Å². The summed E-state index contributed by atoms with van der Waals surface area (Å²) in [5, 5.41) is 62.4. The van der Waals surface area contributed by atoms with Crippen molar-refractivity contribution < 1.29 is 54.4 Å². The van der Waals surface area contributed by atoms with Crippen LogP contribution in [0.5, 0.6) is 0 Å². The summed E-state index contributed by atoms with van der Waals surface area (Å²) in [4.78, 5) is 26.5. The van der Waals surface area contributed by atoms with Gasteiger partial charge in [0.15, 0.2) is 12.1 Å². The number of hydrogen-bond acceptors (Lipinski definition) is 11. The molecule has 11 nitrogen and oxygen atoms in total. The predicted molar refractivity (Wildman–Crippen MR) is 159 cm³/mol. The average Bonchev–Trinajstić information content (AvgIpc) is 3.36. The highest BCUT2D eigenvalue weighted by atomic mass is 16.7. The molecule has 0 radical (unpaired) electrons. The number of carbonyl (C=O) groups is 2. The van der Waals surface area contributed by atoms with Crippen LogP contribution in [0.2, 0.25) is 0 Å². The van der Waals surface area contributed by atoms with E-state index in [9.17, 15) is 40.2 Å². The molecule has 0 aromatic heterocycles. The van der Waals surface area contributed by atoms with E-state index in [1.54, 1.807) is 13.0 Å². The minimum absolute atomic E-state index is 0.0540. The molecule has 250 valence electrons. The zero-order valence-corrected chi connectivity index (χ0v) is 26.2. The third-order valence-electron chi connectivity index (χ3n) is 12.8. The number of aliphatic hydroxyl groups is 6. The van der Waals surface area contributed by atoms with Crippen molar-refractivity contribution in [1.29, 1.82) is 0 Å². The van der Waals surface area contributed by atoms with Gasteiger partial charge in [-0.05, 0) is 81.1 Å². The smallest absolute Gasteiger partial charge is 0.336 e. The summed E-state index contributed by atoms with van der Waals surface area (Å²) in [7, 11) is 0. The fourth-order valence-electron chi connectivity index (χ4n) is 10.0. The molecule has 0 amide bonds. The summed E-state index contributed by atoms with van der Waals surface area (Å²) >= 11 is 0. The molecular formula is C34H48O11. The minimum atomic E-state index is -1.60. The summed E-state index contributed by atoms with van der Waals surface area (Å²) in [6, 6.07) is 0. The highest BCUT2D eigenvalue weighted by Gasteiger charge is 2.64. The first-order valence-electron chi connectivity index (χ1n) is 16.4. The number of rotatable bonds is 7.